The lowest BCUT2D eigenvalue weighted by atomic mass is 10.1. The van der Waals surface area contributed by atoms with E-state index in [2.05, 4.69) is 4.72 Å². The zero-order chi connectivity index (χ0) is 12.5. The van der Waals surface area contributed by atoms with Gasteiger partial charge in [0, 0.05) is 6.04 Å². The SMILES string of the molecule is CCc1ccc(CO)cc1S(=O)(=O)NC1CC1. The Bertz CT molecular complexity index is 506. The Morgan fingerprint density at radius 3 is 2.65 bits per heavy atom. The third-order valence-electron chi connectivity index (χ3n) is 2.88. The van der Waals surface area contributed by atoms with Gasteiger partial charge in [0.1, 0.15) is 0 Å². The molecule has 2 rings (SSSR count). The summed E-state index contributed by atoms with van der Waals surface area (Å²) in [5, 5.41) is 9.07. The Morgan fingerprint density at radius 2 is 2.12 bits per heavy atom. The van der Waals surface area contributed by atoms with Crippen LogP contribution in [0.25, 0.3) is 0 Å². The van der Waals surface area contributed by atoms with Gasteiger partial charge in [0.15, 0.2) is 0 Å². The minimum atomic E-state index is -3.43. The van der Waals surface area contributed by atoms with Gasteiger partial charge in [-0.2, -0.15) is 0 Å². The number of nitrogens with one attached hydrogen (secondary N) is 1. The summed E-state index contributed by atoms with van der Waals surface area (Å²) >= 11 is 0. The third kappa shape index (κ3) is 2.86. The van der Waals surface area contributed by atoms with E-state index in [1.165, 1.54) is 0 Å². The molecule has 17 heavy (non-hydrogen) atoms. The number of benzene rings is 1. The summed E-state index contributed by atoms with van der Waals surface area (Å²) in [5.74, 6) is 0. The second-order valence-corrected chi connectivity index (χ2v) is 6.03. The summed E-state index contributed by atoms with van der Waals surface area (Å²) in [6.07, 6.45) is 2.49. The molecule has 1 aromatic carbocycles. The Balaban J connectivity index is 2.39. The number of rotatable bonds is 5. The van der Waals surface area contributed by atoms with Crippen molar-refractivity contribution in [2.24, 2.45) is 0 Å². The van der Waals surface area contributed by atoms with Crippen LogP contribution in [0.1, 0.15) is 30.9 Å². The Kier molecular flexibility index (Phi) is 3.51. The number of aliphatic hydroxyl groups is 1. The van der Waals surface area contributed by atoms with Crippen molar-refractivity contribution in [1.29, 1.82) is 0 Å². The molecule has 0 saturated heterocycles. The van der Waals surface area contributed by atoms with Gasteiger partial charge in [-0.1, -0.05) is 19.1 Å². The standard InChI is InChI=1S/C12H17NO3S/c1-2-10-4-3-9(8-14)7-12(10)17(15,16)13-11-5-6-11/h3-4,7,11,13-14H,2,5-6,8H2,1H3. The Hall–Kier alpha value is -0.910. The number of aryl methyl sites for hydroxylation is 1. The average molecular weight is 255 g/mol. The van der Waals surface area contributed by atoms with Crippen molar-refractivity contribution >= 4 is 10.0 Å². The van der Waals surface area contributed by atoms with Gasteiger partial charge in [0.2, 0.25) is 10.0 Å². The van der Waals surface area contributed by atoms with Gasteiger partial charge < -0.3 is 5.11 Å². The van der Waals surface area contributed by atoms with E-state index in [1.807, 2.05) is 6.92 Å². The van der Waals surface area contributed by atoms with Gasteiger partial charge >= 0.3 is 0 Å². The fourth-order valence-corrected chi connectivity index (χ4v) is 3.39. The van der Waals surface area contributed by atoms with E-state index >= 15 is 0 Å². The molecular formula is C12H17NO3S. The van der Waals surface area contributed by atoms with Gasteiger partial charge in [0.05, 0.1) is 11.5 Å². The van der Waals surface area contributed by atoms with Crippen LogP contribution < -0.4 is 4.72 Å². The summed E-state index contributed by atoms with van der Waals surface area (Å²) in [6.45, 7) is 1.78. The van der Waals surface area contributed by atoms with E-state index in [0.29, 0.717) is 16.9 Å². The highest BCUT2D eigenvalue weighted by Crippen LogP contribution is 2.24. The topological polar surface area (TPSA) is 66.4 Å². The van der Waals surface area contributed by atoms with Crippen LogP contribution in [0.15, 0.2) is 23.1 Å². The summed E-state index contributed by atoms with van der Waals surface area (Å²) in [7, 11) is -3.43. The maximum absolute atomic E-state index is 12.1. The fraction of sp³-hybridized carbons (Fsp3) is 0.500. The molecule has 0 bridgehead atoms. The van der Waals surface area contributed by atoms with Gasteiger partial charge in [-0.3, -0.25) is 0 Å². The average Bonchev–Trinajstić information content (AvgIpc) is 3.11. The second kappa shape index (κ2) is 4.76. The molecule has 2 N–H and O–H groups in total. The van der Waals surface area contributed by atoms with E-state index in [-0.39, 0.29) is 12.6 Å². The van der Waals surface area contributed by atoms with Crippen molar-refractivity contribution in [2.75, 3.05) is 0 Å². The molecule has 94 valence electrons. The number of hydrogen-bond acceptors (Lipinski definition) is 3. The molecule has 0 heterocycles. The molecule has 1 fully saturated rings. The summed E-state index contributed by atoms with van der Waals surface area (Å²) in [4.78, 5) is 0.304. The minimum Gasteiger partial charge on any atom is -0.392 e. The van der Waals surface area contributed by atoms with E-state index in [1.54, 1.807) is 18.2 Å². The summed E-state index contributed by atoms with van der Waals surface area (Å²) < 4.78 is 26.9. The molecule has 0 unspecified atom stereocenters. The van der Waals surface area contributed by atoms with Gasteiger partial charge in [-0.25, -0.2) is 13.1 Å². The van der Waals surface area contributed by atoms with E-state index < -0.39 is 10.0 Å². The molecule has 0 spiro atoms. The smallest absolute Gasteiger partial charge is 0.241 e. The van der Waals surface area contributed by atoms with Crippen LogP contribution in [-0.4, -0.2) is 19.6 Å². The maximum Gasteiger partial charge on any atom is 0.241 e. The lowest BCUT2D eigenvalue weighted by Crippen LogP contribution is -2.26. The van der Waals surface area contributed by atoms with Crippen molar-refractivity contribution in [1.82, 2.24) is 4.72 Å². The first-order valence-corrected chi connectivity index (χ1v) is 7.30. The van der Waals surface area contributed by atoms with Crippen molar-refractivity contribution in [3.8, 4) is 0 Å². The van der Waals surface area contributed by atoms with E-state index in [9.17, 15) is 8.42 Å². The quantitative estimate of drug-likeness (QED) is 0.830. The molecule has 0 radical (unpaired) electrons. The highest BCUT2D eigenvalue weighted by molar-refractivity contribution is 7.89. The van der Waals surface area contributed by atoms with Crippen LogP contribution in [0.4, 0.5) is 0 Å². The highest BCUT2D eigenvalue weighted by Gasteiger charge is 2.29. The third-order valence-corrected chi connectivity index (χ3v) is 4.49. The van der Waals surface area contributed by atoms with Gasteiger partial charge in [-0.05, 0) is 36.5 Å². The van der Waals surface area contributed by atoms with Crippen molar-refractivity contribution in [2.45, 2.75) is 43.7 Å². The second-order valence-electron chi connectivity index (χ2n) is 4.35. The molecule has 1 saturated carbocycles. The van der Waals surface area contributed by atoms with Crippen LogP contribution in [0.3, 0.4) is 0 Å². The summed E-state index contributed by atoms with van der Waals surface area (Å²) in [6, 6.07) is 5.19. The molecule has 0 aromatic heterocycles. The molecule has 0 atom stereocenters. The monoisotopic (exact) mass is 255 g/mol. The van der Waals surface area contributed by atoms with Crippen molar-refractivity contribution in [3.63, 3.8) is 0 Å². The summed E-state index contributed by atoms with van der Waals surface area (Å²) in [5.41, 5.74) is 1.41. The number of sulfonamides is 1. The normalized spacial score (nSPS) is 16.1. The first kappa shape index (κ1) is 12.5. The highest BCUT2D eigenvalue weighted by atomic mass is 32.2. The zero-order valence-electron chi connectivity index (χ0n) is 9.81. The molecule has 5 heteroatoms. The van der Waals surface area contributed by atoms with Crippen LogP contribution in [0.2, 0.25) is 0 Å². The van der Waals surface area contributed by atoms with Crippen LogP contribution >= 0.6 is 0 Å². The lowest BCUT2D eigenvalue weighted by molar-refractivity contribution is 0.281. The Morgan fingerprint density at radius 1 is 1.41 bits per heavy atom. The predicted molar refractivity (Wildman–Crippen MR) is 65.1 cm³/mol. The maximum atomic E-state index is 12.1. The van der Waals surface area contributed by atoms with E-state index in [4.69, 9.17) is 5.11 Å². The van der Waals surface area contributed by atoms with E-state index in [0.717, 1.165) is 18.4 Å². The first-order valence-electron chi connectivity index (χ1n) is 5.82. The molecule has 1 aliphatic rings. The Labute approximate surface area is 102 Å². The first-order chi connectivity index (χ1) is 8.06. The van der Waals surface area contributed by atoms with Crippen LogP contribution in [0.5, 0.6) is 0 Å². The van der Waals surface area contributed by atoms with Gasteiger partial charge in [0.25, 0.3) is 0 Å². The van der Waals surface area contributed by atoms with Crippen LogP contribution in [0, 0.1) is 0 Å². The van der Waals surface area contributed by atoms with Crippen LogP contribution in [-0.2, 0) is 23.1 Å². The predicted octanol–water partition coefficient (Wildman–Crippen LogP) is 1.18. The van der Waals surface area contributed by atoms with Gasteiger partial charge in [-0.15, -0.1) is 0 Å². The molecule has 1 aromatic rings. The van der Waals surface area contributed by atoms with Crippen molar-refractivity contribution < 1.29 is 13.5 Å². The largest absolute Gasteiger partial charge is 0.392 e. The minimum absolute atomic E-state index is 0.0995. The fourth-order valence-electron chi connectivity index (χ4n) is 1.72. The van der Waals surface area contributed by atoms with Crippen molar-refractivity contribution in [3.05, 3.63) is 29.3 Å². The molecular weight excluding hydrogens is 238 g/mol. The lowest BCUT2D eigenvalue weighted by Gasteiger charge is -2.11. The molecule has 1 aliphatic carbocycles. The number of hydrogen-bond donors (Lipinski definition) is 2. The zero-order valence-corrected chi connectivity index (χ0v) is 10.6. The number of aliphatic hydroxyl groups excluding tert-OH is 1. The molecule has 0 aliphatic heterocycles. The molecule has 0 amide bonds. The molecule has 4 nitrogen and oxygen atoms in total.